The van der Waals surface area contributed by atoms with Crippen LogP contribution >= 0.6 is 11.3 Å². The average molecular weight is 311 g/mol. The molecule has 0 radical (unpaired) electrons. The molecule has 0 spiro atoms. The summed E-state index contributed by atoms with van der Waals surface area (Å²) in [6.07, 6.45) is 4.30. The van der Waals surface area contributed by atoms with Crippen LogP contribution in [0.25, 0.3) is 0 Å². The first-order valence-electron chi connectivity index (χ1n) is 8.15. The van der Waals surface area contributed by atoms with Crippen molar-refractivity contribution in [3.8, 4) is 0 Å². The third kappa shape index (κ3) is 5.66. The van der Waals surface area contributed by atoms with E-state index < -0.39 is 0 Å². The molecule has 1 aliphatic heterocycles. The highest BCUT2D eigenvalue weighted by molar-refractivity contribution is 7.11. The smallest absolute Gasteiger partial charge is 0.0925 e. The summed E-state index contributed by atoms with van der Waals surface area (Å²) in [4.78, 5) is 8.35. The number of rotatable bonds is 8. The first-order chi connectivity index (χ1) is 10.2. The van der Waals surface area contributed by atoms with E-state index in [9.17, 15) is 0 Å². The zero-order chi connectivity index (χ0) is 15.1. The van der Waals surface area contributed by atoms with E-state index >= 15 is 0 Å². The van der Waals surface area contributed by atoms with Gasteiger partial charge >= 0.3 is 0 Å². The van der Waals surface area contributed by atoms with Gasteiger partial charge in [-0.3, -0.25) is 4.90 Å². The van der Waals surface area contributed by atoms with Crippen LogP contribution in [0.3, 0.4) is 0 Å². The normalized spacial score (nSPS) is 18.3. The molecular formula is C16H29N3OS. The highest BCUT2D eigenvalue weighted by Gasteiger charge is 2.21. The summed E-state index contributed by atoms with van der Waals surface area (Å²) in [5, 5.41) is 4.86. The molecule has 1 aliphatic rings. The van der Waals surface area contributed by atoms with Gasteiger partial charge in [0.25, 0.3) is 0 Å². The summed E-state index contributed by atoms with van der Waals surface area (Å²) in [6.45, 7) is 12.7. The Hall–Kier alpha value is -0.490. The van der Waals surface area contributed by atoms with Crippen LogP contribution < -0.4 is 5.32 Å². The molecule has 0 saturated carbocycles. The Labute approximate surface area is 132 Å². The van der Waals surface area contributed by atoms with E-state index in [4.69, 9.17) is 4.74 Å². The molecule has 120 valence electrons. The van der Waals surface area contributed by atoms with Crippen molar-refractivity contribution in [2.24, 2.45) is 5.92 Å². The molecule has 5 heteroatoms. The van der Waals surface area contributed by atoms with Gasteiger partial charge in [-0.25, -0.2) is 4.98 Å². The topological polar surface area (TPSA) is 37.4 Å². The van der Waals surface area contributed by atoms with Crippen molar-refractivity contribution >= 4 is 11.3 Å². The number of hydrogen-bond acceptors (Lipinski definition) is 5. The van der Waals surface area contributed by atoms with Crippen molar-refractivity contribution < 1.29 is 4.74 Å². The van der Waals surface area contributed by atoms with Crippen LogP contribution in [0.2, 0.25) is 0 Å². The van der Waals surface area contributed by atoms with Gasteiger partial charge < -0.3 is 10.1 Å². The summed E-state index contributed by atoms with van der Waals surface area (Å²) in [5.41, 5.74) is 0. The molecule has 2 heterocycles. The summed E-state index contributed by atoms with van der Waals surface area (Å²) in [5.74, 6) is 0.731. The van der Waals surface area contributed by atoms with Crippen molar-refractivity contribution in [1.82, 2.24) is 15.2 Å². The van der Waals surface area contributed by atoms with Crippen molar-refractivity contribution in [2.45, 2.75) is 46.2 Å². The molecule has 4 nitrogen and oxygen atoms in total. The number of morpholine rings is 1. The van der Waals surface area contributed by atoms with Gasteiger partial charge in [0.1, 0.15) is 0 Å². The molecule has 1 aromatic heterocycles. The minimum atomic E-state index is 0.618. The third-order valence-corrected chi connectivity index (χ3v) is 5.03. The lowest BCUT2D eigenvalue weighted by molar-refractivity contribution is 0.0123. The van der Waals surface area contributed by atoms with E-state index in [2.05, 4.69) is 36.0 Å². The van der Waals surface area contributed by atoms with Gasteiger partial charge in [-0.05, 0) is 18.8 Å². The Morgan fingerprint density at radius 3 is 2.76 bits per heavy atom. The minimum Gasteiger partial charge on any atom is -0.379 e. The predicted octanol–water partition coefficient (Wildman–Crippen LogP) is 2.54. The van der Waals surface area contributed by atoms with Gasteiger partial charge in [-0.1, -0.05) is 20.8 Å². The molecule has 1 unspecified atom stereocenters. The first kappa shape index (κ1) is 16.9. The van der Waals surface area contributed by atoms with Crippen molar-refractivity contribution in [1.29, 1.82) is 0 Å². The molecule has 1 fully saturated rings. The Morgan fingerprint density at radius 1 is 1.38 bits per heavy atom. The Morgan fingerprint density at radius 2 is 2.14 bits per heavy atom. The zero-order valence-electron chi connectivity index (χ0n) is 13.6. The Balaban J connectivity index is 1.80. The number of thiazole rings is 1. The molecule has 1 atom stereocenters. The van der Waals surface area contributed by atoms with E-state index in [1.807, 2.05) is 17.5 Å². The third-order valence-electron chi connectivity index (χ3n) is 3.89. The molecule has 1 aromatic rings. The lowest BCUT2D eigenvalue weighted by Gasteiger charge is -2.35. The van der Waals surface area contributed by atoms with Crippen LogP contribution in [-0.4, -0.2) is 48.8 Å². The molecule has 1 saturated heterocycles. The standard InChI is InChI=1S/C16H29N3OS/c1-4-16-18-12-15(21-16)11-17-10-14(9-13(2)3)19-5-7-20-8-6-19/h12-14,17H,4-11H2,1-3H3. The fourth-order valence-electron chi connectivity index (χ4n) is 2.80. The lowest BCUT2D eigenvalue weighted by Crippen LogP contribution is -2.48. The lowest BCUT2D eigenvalue weighted by atomic mass is 10.0. The fourth-order valence-corrected chi connectivity index (χ4v) is 3.64. The van der Waals surface area contributed by atoms with Crippen LogP contribution in [-0.2, 0) is 17.7 Å². The van der Waals surface area contributed by atoms with E-state index in [1.165, 1.54) is 16.3 Å². The van der Waals surface area contributed by atoms with Crippen LogP contribution in [0.15, 0.2) is 6.20 Å². The molecule has 0 bridgehead atoms. The minimum absolute atomic E-state index is 0.618. The summed E-state index contributed by atoms with van der Waals surface area (Å²) >= 11 is 1.83. The fraction of sp³-hybridized carbons (Fsp3) is 0.812. The maximum Gasteiger partial charge on any atom is 0.0925 e. The molecule has 0 aliphatic carbocycles. The number of ether oxygens (including phenoxy) is 1. The number of hydrogen-bond donors (Lipinski definition) is 1. The molecule has 2 rings (SSSR count). The van der Waals surface area contributed by atoms with E-state index in [-0.39, 0.29) is 0 Å². The second-order valence-corrected chi connectivity index (χ2v) is 7.34. The zero-order valence-corrected chi connectivity index (χ0v) is 14.4. The second-order valence-electron chi connectivity index (χ2n) is 6.14. The van der Waals surface area contributed by atoms with Gasteiger partial charge in [0.15, 0.2) is 0 Å². The van der Waals surface area contributed by atoms with Crippen LogP contribution in [0.5, 0.6) is 0 Å². The largest absolute Gasteiger partial charge is 0.379 e. The van der Waals surface area contributed by atoms with E-state index in [0.717, 1.165) is 51.7 Å². The number of nitrogens with zero attached hydrogens (tertiary/aromatic N) is 2. The van der Waals surface area contributed by atoms with E-state index in [1.54, 1.807) is 0 Å². The number of aryl methyl sites for hydroxylation is 1. The van der Waals surface area contributed by atoms with Gasteiger partial charge in [-0.2, -0.15) is 0 Å². The van der Waals surface area contributed by atoms with E-state index in [0.29, 0.717) is 6.04 Å². The first-order valence-corrected chi connectivity index (χ1v) is 8.96. The number of nitrogens with one attached hydrogen (secondary N) is 1. The summed E-state index contributed by atoms with van der Waals surface area (Å²) in [7, 11) is 0. The number of aromatic nitrogens is 1. The molecule has 0 aromatic carbocycles. The second kappa shape index (κ2) is 8.83. The molecular weight excluding hydrogens is 282 g/mol. The van der Waals surface area contributed by atoms with Crippen molar-refractivity contribution in [2.75, 3.05) is 32.8 Å². The maximum absolute atomic E-state index is 5.48. The average Bonchev–Trinajstić information content (AvgIpc) is 2.95. The van der Waals surface area contributed by atoms with Crippen LogP contribution in [0, 0.1) is 5.92 Å². The van der Waals surface area contributed by atoms with Gasteiger partial charge in [0, 0.05) is 43.3 Å². The van der Waals surface area contributed by atoms with Crippen LogP contribution in [0.4, 0.5) is 0 Å². The highest BCUT2D eigenvalue weighted by atomic mass is 32.1. The Kier molecular flexibility index (Phi) is 7.10. The SMILES string of the molecule is CCc1ncc(CNCC(CC(C)C)N2CCOCC2)s1. The maximum atomic E-state index is 5.48. The van der Waals surface area contributed by atoms with Crippen LogP contribution in [0.1, 0.15) is 37.1 Å². The van der Waals surface area contributed by atoms with Crippen molar-refractivity contribution in [3.63, 3.8) is 0 Å². The summed E-state index contributed by atoms with van der Waals surface area (Å²) in [6, 6.07) is 0.618. The van der Waals surface area contributed by atoms with Gasteiger partial charge in [0.2, 0.25) is 0 Å². The van der Waals surface area contributed by atoms with Gasteiger partial charge in [-0.15, -0.1) is 11.3 Å². The molecule has 21 heavy (non-hydrogen) atoms. The molecule has 0 amide bonds. The summed E-state index contributed by atoms with van der Waals surface area (Å²) < 4.78 is 5.48. The van der Waals surface area contributed by atoms with Crippen molar-refractivity contribution in [3.05, 3.63) is 16.1 Å². The quantitative estimate of drug-likeness (QED) is 0.800. The highest BCUT2D eigenvalue weighted by Crippen LogP contribution is 2.15. The van der Waals surface area contributed by atoms with Gasteiger partial charge in [0.05, 0.1) is 18.2 Å². The predicted molar refractivity (Wildman–Crippen MR) is 88.8 cm³/mol. The molecule has 1 N–H and O–H groups in total. The monoisotopic (exact) mass is 311 g/mol. The Bertz CT molecular complexity index is 402.